The van der Waals surface area contributed by atoms with Crippen molar-refractivity contribution in [2.24, 2.45) is 0 Å². The van der Waals surface area contributed by atoms with Gasteiger partial charge in [-0.15, -0.1) is 0 Å². The first-order valence-corrected chi connectivity index (χ1v) is 10.2. The number of benzene rings is 2. The van der Waals surface area contributed by atoms with Crippen molar-refractivity contribution in [3.8, 4) is 0 Å². The van der Waals surface area contributed by atoms with Gasteiger partial charge in [-0.3, -0.25) is 19.4 Å². The van der Waals surface area contributed by atoms with Crippen LogP contribution in [0.5, 0.6) is 0 Å². The standard InChI is InChI=1S/C23H25F2N3O2/c1-15(16-9-10-17(24)18(25)13-16)27(2)14-21(29)28-20-8-4-3-7-19(20)26-22(30)23(28)11-5-6-12-23/h3-4,7-10,13,15H,5-6,11-12,14H2,1-2H3,(H,26,30). The number of nitrogens with one attached hydrogen (secondary N) is 1. The van der Waals surface area contributed by atoms with E-state index in [2.05, 4.69) is 5.32 Å². The molecule has 2 aromatic carbocycles. The van der Waals surface area contributed by atoms with Crippen LogP contribution in [-0.4, -0.2) is 35.8 Å². The number of rotatable bonds is 4. The number of fused-ring (bicyclic) bond motifs is 1. The molecule has 1 unspecified atom stereocenters. The van der Waals surface area contributed by atoms with Gasteiger partial charge in [0.05, 0.1) is 17.9 Å². The van der Waals surface area contributed by atoms with Crippen molar-refractivity contribution in [2.75, 3.05) is 23.8 Å². The van der Waals surface area contributed by atoms with Crippen LogP contribution in [-0.2, 0) is 9.59 Å². The van der Waals surface area contributed by atoms with Crippen molar-refractivity contribution >= 4 is 23.2 Å². The number of carbonyl (C=O) groups excluding carboxylic acids is 2. The molecule has 1 spiro atoms. The van der Waals surface area contributed by atoms with Crippen molar-refractivity contribution in [3.63, 3.8) is 0 Å². The van der Waals surface area contributed by atoms with E-state index in [1.165, 1.54) is 6.07 Å². The normalized spacial score (nSPS) is 18.4. The third-order valence-electron chi connectivity index (χ3n) is 6.40. The van der Waals surface area contributed by atoms with E-state index in [-0.39, 0.29) is 24.4 Å². The summed E-state index contributed by atoms with van der Waals surface area (Å²) in [5.41, 5.74) is 1.05. The number of hydrogen-bond donors (Lipinski definition) is 1. The van der Waals surface area contributed by atoms with E-state index >= 15 is 0 Å². The lowest BCUT2D eigenvalue weighted by atomic mass is 9.89. The number of hydrogen-bond acceptors (Lipinski definition) is 3. The molecular weight excluding hydrogens is 388 g/mol. The number of amides is 2. The van der Waals surface area contributed by atoms with Gasteiger partial charge in [0.15, 0.2) is 11.6 Å². The Labute approximate surface area is 174 Å². The van der Waals surface area contributed by atoms with Crippen LogP contribution in [0.3, 0.4) is 0 Å². The van der Waals surface area contributed by atoms with Gasteiger partial charge >= 0.3 is 0 Å². The van der Waals surface area contributed by atoms with Crippen molar-refractivity contribution < 1.29 is 18.4 Å². The van der Waals surface area contributed by atoms with Crippen molar-refractivity contribution in [3.05, 3.63) is 59.7 Å². The molecule has 1 aliphatic heterocycles. The quantitative estimate of drug-likeness (QED) is 0.815. The molecule has 2 aliphatic rings. The summed E-state index contributed by atoms with van der Waals surface area (Å²) in [6.45, 7) is 1.88. The molecule has 5 nitrogen and oxygen atoms in total. The Morgan fingerprint density at radius 2 is 1.87 bits per heavy atom. The average molecular weight is 413 g/mol. The van der Waals surface area contributed by atoms with Crippen LogP contribution in [0, 0.1) is 11.6 Å². The average Bonchev–Trinajstić information content (AvgIpc) is 3.20. The molecule has 1 N–H and O–H groups in total. The highest BCUT2D eigenvalue weighted by atomic mass is 19.2. The lowest BCUT2D eigenvalue weighted by Gasteiger charge is -2.45. The minimum Gasteiger partial charge on any atom is -0.322 e. The Bertz CT molecular complexity index is 988. The maximum Gasteiger partial charge on any atom is 0.250 e. The van der Waals surface area contributed by atoms with E-state index in [0.29, 0.717) is 29.8 Å². The molecule has 2 aromatic rings. The molecule has 1 saturated carbocycles. The van der Waals surface area contributed by atoms with Crippen molar-refractivity contribution in [1.82, 2.24) is 4.90 Å². The van der Waals surface area contributed by atoms with E-state index in [1.807, 2.05) is 25.1 Å². The Hall–Kier alpha value is -2.80. The number of likely N-dealkylation sites (N-methyl/N-ethyl adjacent to an activating group) is 1. The lowest BCUT2D eigenvalue weighted by molar-refractivity contribution is -0.128. The van der Waals surface area contributed by atoms with E-state index in [4.69, 9.17) is 0 Å². The molecule has 7 heteroatoms. The fourth-order valence-electron chi connectivity index (χ4n) is 4.58. The number of anilines is 2. The minimum absolute atomic E-state index is 0.0452. The van der Waals surface area contributed by atoms with Crippen LogP contribution in [0.2, 0.25) is 0 Å². The molecule has 0 radical (unpaired) electrons. The second kappa shape index (κ2) is 7.80. The maximum absolute atomic E-state index is 13.7. The highest BCUT2D eigenvalue weighted by Gasteiger charge is 2.52. The summed E-state index contributed by atoms with van der Waals surface area (Å²) in [6.07, 6.45) is 3.03. The topological polar surface area (TPSA) is 52.7 Å². The van der Waals surface area contributed by atoms with Crippen molar-refractivity contribution in [1.29, 1.82) is 0 Å². The van der Waals surface area contributed by atoms with Gasteiger partial charge in [-0.25, -0.2) is 8.78 Å². The van der Waals surface area contributed by atoms with Crippen LogP contribution in [0.15, 0.2) is 42.5 Å². The molecule has 0 aromatic heterocycles. The molecule has 1 aliphatic carbocycles. The molecule has 30 heavy (non-hydrogen) atoms. The smallest absolute Gasteiger partial charge is 0.250 e. The maximum atomic E-state index is 13.7. The van der Waals surface area contributed by atoms with Crippen LogP contribution in [0.4, 0.5) is 20.2 Å². The number of carbonyl (C=O) groups is 2. The first-order chi connectivity index (χ1) is 14.3. The van der Waals surface area contributed by atoms with Crippen LogP contribution in [0.25, 0.3) is 0 Å². The van der Waals surface area contributed by atoms with E-state index in [0.717, 1.165) is 25.0 Å². The molecule has 0 saturated heterocycles. The first kappa shape index (κ1) is 20.5. The van der Waals surface area contributed by atoms with Gasteiger partial charge < -0.3 is 5.32 Å². The Balaban J connectivity index is 1.62. The van der Waals surface area contributed by atoms with E-state index < -0.39 is 17.2 Å². The van der Waals surface area contributed by atoms with Gasteiger partial charge in [0.2, 0.25) is 5.91 Å². The fraction of sp³-hybridized carbons (Fsp3) is 0.391. The van der Waals surface area contributed by atoms with Crippen molar-refractivity contribution in [2.45, 2.75) is 44.2 Å². The minimum atomic E-state index is -0.911. The molecule has 1 heterocycles. The molecular formula is C23H25F2N3O2. The molecule has 158 valence electrons. The predicted octanol–water partition coefficient (Wildman–Crippen LogP) is 4.26. The lowest BCUT2D eigenvalue weighted by Crippen LogP contribution is -2.62. The summed E-state index contributed by atoms with van der Waals surface area (Å²) in [6, 6.07) is 10.8. The monoisotopic (exact) mass is 413 g/mol. The highest BCUT2D eigenvalue weighted by molar-refractivity contribution is 6.15. The molecule has 1 fully saturated rings. The summed E-state index contributed by atoms with van der Waals surface area (Å²) in [5.74, 6) is -2.13. The molecule has 0 bridgehead atoms. The highest BCUT2D eigenvalue weighted by Crippen LogP contribution is 2.45. The van der Waals surface area contributed by atoms with Gasteiger partial charge in [0.25, 0.3) is 5.91 Å². The largest absolute Gasteiger partial charge is 0.322 e. The summed E-state index contributed by atoms with van der Waals surface area (Å²) >= 11 is 0. The third-order valence-corrected chi connectivity index (χ3v) is 6.40. The second-order valence-corrected chi connectivity index (χ2v) is 8.20. The van der Waals surface area contributed by atoms with Crippen LogP contribution in [0.1, 0.15) is 44.2 Å². The van der Waals surface area contributed by atoms with Crippen LogP contribution < -0.4 is 10.2 Å². The summed E-state index contributed by atoms with van der Waals surface area (Å²) in [5, 5.41) is 2.97. The van der Waals surface area contributed by atoms with Gasteiger partial charge in [-0.1, -0.05) is 31.0 Å². The fourth-order valence-corrected chi connectivity index (χ4v) is 4.58. The molecule has 2 amide bonds. The Morgan fingerprint density at radius 3 is 2.57 bits per heavy atom. The zero-order valence-electron chi connectivity index (χ0n) is 17.1. The molecule has 4 rings (SSSR count). The van der Waals surface area contributed by atoms with E-state index in [1.54, 1.807) is 22.9 Å². The molecule has 1 atom stereocenters. The first-order valence-electron chi connectivity index (χ1n) is 10.2. The predicted molar refractivity (Wildman–Crippen MR) is 111 cm³/mol. The summed E-state index contributed by atoms with van der Waals surface area (Å²) in [4.78, 5) is 30.0. The Morgan fingerprint density at radius 1 is 1.17 bits per heavy atom. The zero-order valence-corrected chi connectivity index (χ0v) is 17.1. The van der Waals surface area contributed by atoms with Gasteiger partial charge in [0, 0.05) is 6.04 Å². The van der Waals surface area contributed by atoms with Crippen LogP contribution >= 0.6 is 0 Å². The number of nitrogens with zero attached hydrogens (tertiary/aromatic N) is 2. The summed E-state index contributed by atoms with van der Waals surface area (Å²) in [7, 11) is 1.76. The number of para-hydroxylation sites is 2. The van der Waals surface area contributed by atoms with Gasteiger partial charge in [-0.05, 0) is 56.6 Å². The SMILES string of the molecule is CC(c1ccc(F)c(F)c1)N(C)CC(=O)N1c2ccccc2NC(=O)C12CCCC2. The summed E-state index contributed by atoms with van der Waals surface area (Å²) < 4.78 is 26.9. The van der Waals surface area contributed by atoms with E-state index in [9.17, 15) is 18.4 Å². The second-order valence-electron chi connectivity index (χ2n) is 8.20. The Kier molecular flexibility index (Phi) is 5.32. The van der Waals surface area contributed by atoms with Gasteiger partial charge in [0.1, 0.15) is 5.54 Å². The zero-order chi connectivity index (χ0) is 21.5. The van der Waals surface area contributed by atoms with Gasteiger partial charge in [-0.2, -0.15) is 0 Å². The number of halogens is 2. The third kappa shape index (κ3) is 3.37.